The van der Waals surface area contributed by atoms with Gasteiger partial charge in [0.05, 0.1) is 17.5 Å². The van der Waals surface area contributed by atoms with Crippen LogP contribution in [0.4, 0.5) is 4.79 Å². The fourth-order valence-corrected chi connectivity index (χ4v) is 4.28. The molecule has 0 aromatic carbocycles. The van der Waals surface area contributed by atoms with E-state index in [2.05, 4.69) is 5.32 Å². The van der Waals surface area contributed by atoms with Crippen molar-refractivity contribution in [2.75, 3.05) is 38.7 Å². The van der Waals surface area contributed by atoms with Gasteiger partial charge in [-0.15, -0.1) is 0 Å². The van der Waals surface area contributed by atoms with Crippen LogP contribution in [0.15, 0.2) is 0 Å². The first-order valence-corrected chi connectivity index (χ1v) is 7.65. The van der Waals surface area contributed by atoms with E-state index in [1.165, 1.54) is 0 Å². The number of carbonyl (C=O) groups is 1. The highest BCUT2D eigenvalue weighted by atomic mass is 32.2. The first kappa shape index (κ1) is 12.6. The van der Waals surface area contributed by atoms with E-state index in [4.69, 9.17) is 0 Å². The molecule has 2 rings (SSSR count). The van der Waals surface area contributed by atoms with Gasteiger partial charge in [-0.3, -0.25) is 0 Å². The maximum atomic E-state index is 12.0. The Labute approximate surface area is 102 Å². The third kappa shape index (κ3) is 2.40. The predicted octanol–water partition coefficient (Wildman–Crippen LogP) is -0.871. The quantitative estimate of drug-likeness (QED) is 0.717. The fraction of sp³-hybridized carbons (Fsp3) is 0.900. The number of hydrogen-bond acceptors (Lipinski definition) is 4. The van der Waals surface area contributed by atoms with E-state index in [0.717, 1.165) is 6.54 Å². The van der Waals surface area contributed by atoms with E-state index >= 15 is 0 Å². The van der Waals surface area contributed by atoms with E-state index in [-0.39, 0.29) is 29.6 Å². The zero-order valence-electron chi connectivity index (χ0n) is 10.2. The standard InChI is InChI=1S/C10H19N3O3S/c1-11-5-9-6-13(10(14)12(9)2)8-3-4-17(15,16)7-8/h8-9,11H,3-7H2,1-2H3. The summed E-state index contributed by atoms with van der Waals surface area (Å²) in [6, 6.07) is -0.0417. The zero-order valence-corrected chi connectivity index (χ0v) is 11.0. The summed E-state index contributed by atoms with van der Waals surface area (Å²) in [5.41, 5.74) is 0. The average Bonchev–Trinajstić information content (AvgIpc) is 2.74. The molecule has 0 spiro atoms. The highest BCUT2D eigenvalue weighted by Gasteiger charge is 2.42. The molecule has 2 unspecified atom stereocenters. The van der Waals surface area contributed by atoms with Crippen molar-refractivity contribution in [1.29, 1.82) is 0 Å². The SMILES string of the molecule is CNCC1CN(C2CCS(=O)(=O)C2)C(=O)N1C. The second-order valence-corrected chi connectivity index (χ2v) is 7.04. The minimum atomic E-state index is -2.93. The topological polar surface area (TPSA) is 69.7 Å². The molecular weight excluding hydrogens is 242 g/mol. The summed E-state index contributed by atoms with van der Waals surface area (Å²) < 4.78 is 22.9. The van der Waals surface area contributed by atoms with Crippen LogP contribution in [0.2, 0.25) is 0 Å². The van der Waals surface area contributed by atoms with E-state index in [1.54, 1.807) is 16.8 Å². The molecule has 0 aromatic heterocycles. The molecule has 0 bridgehead atoms. The minimum absolute atomic E-state index is 0.0487. The molecule has 0 aromatic rings. The Hall–Kier alpha value is -0.820. The molecule has 2 aliphatic rings. The number of nitrogens with zero attached hydrogens (tertiary/aromatic N) is 2. The molecule has 2 fully saturated rings. The molecule has 2 atom stereocenters. The van der Waals surface area contributed by atoms with Gasteiger partial charge in [0.2, 0.25) is 0 Å². The molecule has 7 heteroatoms. The van der Waals surface area contributed by atoms with Crippen molar-refractivity contribution in [1.82, 2.24) is 15.1 Å². The molecule has 2 aliphatic heterocycles. The van der Waals surface area contributed by atoms with Crippen LogP contribution in [0.5, 0.6) is 0 Å². The number of carbonyl (C=O) groups excluding carboxylic acids is 1. The second-order valence-electron chi connectivity index (χ2n) is 4.81. The molecular formula is C10H19N3O3S. The third-order valence-corrected chi connectivity index (χ3v) is 5.34. The molecule has 98 valence electrons. The van der Waals surface area contributed by atoms with E-state index < -0.39 is 9.84 Å². The van der Waals surface area contributed by atoms with Gasteiger partial charge in [-0.2, -0.15) is 0 Å². The summed E-state index contributed by atoms with van der Waals surface area (Å²) >= 11 is 0. The predicted molar refractivity (Wildman–Crippen MR) is 64.6 cm³/mol. The van der Waals surface area contributed by atoms with Gasteiger partial charge in [-0.1, -0.05) is 0 Å². The fourth-order valence-electron chi connectivity index (χ4n) is 2.55. The lowest BCUT2D eigenvalue weighted by molar-refractivity contribution is 0.185. The number of nitrogens with one attached hydrogen (secondary N) is 1. The molecule has 0 saturated carbocycles. The molecule has 17 heavy (non-hydrogen) atoms. The summed E-state index contributed by atoms with van der Waals surface area (Å²) in [7, 11) is 0.688. The van der Waals surface area contributed by atoms with Gasteiger partial charge in [0.15, 0.2) is 9.84 Å². The summed E-state index contributed by atoms with van der Waals surface area (Å²) in [6.07, 6.45) is 0.578. The lowest BCUT2D eigenvalue weighted by atomic mass is 10.2. The molecule has 2 saturated heterocycles. The Morgan fingerprint density at radius 2 is 2.18 bits per heavy atom. The van der Waals surface area contributed by atoms with E-state index in [9.17, 15) is 13.2 Å². The molecule has 2 heterocycles. The number of hydrogen-bond donors (Lipinski definition) is 1. The summed E-state index contributed by atoms with van der Waals surface area (Å²) in [5, 5.41) is 3.05. The number of urea groups is 1. The smallest absolute Gasteiger partial charge is 0.320 e. The third-order valence-electron chi connectivity index (χ3n) is 3.59. The van der Waals surface area contributed by atoms with Crippen LogP contribution in [0.1, 0.15) is 6.42 Å². The Balaban J connectivity index is 2.06. The molecule has 0 radical (unpaired) electrons. The number of rotatable bonds is 3. The van der Waals surface area contributed by atoms with Gasteiger partial charge in [0.25, 0.3) is 0 Å². The molecule has 2 amide bonds. The van der Waals surface area contributed by atoms with Gasteiger partial charge in [0.1, 0.15) is 0 Å². The number of likely N-dealkylation sites (N-methyl/N-ethyl adjacent to an activating group) is 2. The largest absolute Gasteiger partial charge is 0.322 e. The van der Waals surface area contributed by atoms with E-state index in [0.29, 0.717) is 13.0 Å². The van der Waals surface area contributed by atoms with Crippen LogP contribution in [-0.2, 0) is 9.84 Å². The molecule has 0 aliphatic carbocycles. The Morgan fingerprint density at radius 3 is 2.71 bits per heavy atom. The maximum absolute atomic E-state index is 12.0. The molecule has 6 nitrogen and oxygen atoms in total. The van der Waals surface area contributed by atoms with Crippen LogP contribution < -0.4 is 5.32 Å². The van der Waals surface area contributed by atoms with Gasteiger partial charge >= 0.3 is 6.03 Å². The van der Waals surface area contributed by atoms with Crippen LogP contribution in [0.25, 0.3) is 0 Å². The lowest BCUT2D eigenvalue weighted by Gasteiger charge is -2.21. The second kappa shape index (κ2) is 4.45. The Bertz CT molecular complexity index is 409. The van der Waals surface area contributed by atoms with Crippen molar-refractivity contribution in [3.63, 3.8) is 0 Å². The van der Waals surface area contributed by atoms with E-state index in [1.807, 2.05) is 7.05 Å². The highest BCUT2D eigenvalue weighted by Crippen LogP contribution is 2.23. The number of sulfone groups is 1. The maximum Gasteiger partial charge on any atom is 0.320 e. The first-order valence-electron chi connectivity index (χ1n) is 5.83. The zero-order chi connectivity index (χ0) is 12.6. The summed E-state index contributed by atoms with van der Waals surface area (Å²) in [4.78, 5) is 15.4. The minimum Gasteiger partial charge on any atom is -0.322 e. The lowest BCUT2D eigenvalue weighted by Crippen LogP contribution is -2.39. The van der Waals surface area contributed by atoms with Crippen molar-refractivity contribution in [3.05, 3.63) is 0 Å². The highest BCUT2D eigenvalue weighted by molar-refractivity contribution is 7.91. The van der Waals surface area contributed by atoms with Crippen molar-refractivity contribution >= 4 is 15.9 Å². The summed E-state index contributed by atoms with van der Waals surface area (Å²) in [5.74, 6) is 0.334. The van der Waals surface area contributed by atoms with Crippen molar-refractivity contribution in [2.45, 2.75) is 18.5 Å². The van der Waals surface area contributed by atoms with Crippen LogP contribution >= 0.6 is 0 Å². The van der Waals surface area contributed by atoms with Crippen LogP contribution in [0, 0.1) is 0 Å². The van der Waals surface area contributed by atoms with Gasteiger partial charge < -0.3 is 15.1 Å². The normalized spacial score (nSPS) is 32.5. The Morgan fingerprint density at radius 1 is 1.47 bits per heavy atom. The van der Waals surface area contributed by atoms with Crippen molar-refractivity contribution in [2.24, 2.45) is 0 Å². The molecule has 1 N–H and O–H groups in total. The van der Waals surface area contributed by atoms with Crippen LogP contribution in [-0.4, -0.2) is 75.0 Å². The van der Waals surface area contributed by atoms with Gasteiger partial charge in [-0.25, -0.2) is 13.2 Å². The first-order chi connectivity index (χ1) is 7.94. The average molecular weight is 261 g/mol. The Kier molecular flexibility index (Phi) is 3.31. The van der Waals surface area contributed by atoms with Crippen molar-refractivity contribution in [3.8, 4) is 0 Å². The summed E-state index contributed by atoms with van der Waals surface area (Å²) in [6.45, 7) is 1.36. The monoisotopic (exact) mass is 261 g/mol. The van der Waals surface area contributed by atoms with Crippen LogP contribution in [0.3, 0.4) is 0 Å². The van der Waals surface area contributed by atoms with Gasteiger partial charge in [-0.05, 0) is 13.5 Å². The van der Waals surface area contributed by atoms with Gasteiger partial charge in [0, 0.05) is 26.2 Å². The van der Waals surface area contributed by atoms with Crippen molar-refractivity contribution < 1.29 is 13.2 Å². The number of amides is 2.